The number of hydrogen-bond acceptors (Lipinski definition) is 5. The first-order valence-corrected chi connectivity index (χ1v) is 10.7. The van der Waals surface area contributed by atoms with Gasteiger partial charge in [-0.3, -0.25) is 14.6 Å². The SMILES string of the molecule is CCc1cccc2sc(N(CCN3CCOCC3)C(=O)c3ccc(F)cc3)nc12. The number of aromatic nitrogens is 1. The van der Waals surface area contributed by atoms with Crippen molar-refractivity contribution in [1.82, 2.24) is 9.88 Å². The second kappa shape index (κ2) is 8.98. The molecule has 0 unspecified atom stereocenters. The molecule has 152 valence electrons. The first-order valence-electron chi connectivity index (χ1n) is 9.91. The summed E-state index contributed by atoms with van der Waals surface area (Å²) < 4.78 is 19.8. The zero-order chi connectivity index (χ0) is 20.2. The van der Waals surface area contributed by atoms with Crippen LogP contribution < -0.4 is 4.90 Å². The third-order valence-electron chi connectivity index (χ3n) is 5.18. The van der Waals surface area contributed by atoms with Gasteiger partial charge >= 0.3 is 0 Å². The minimum Gasteiger partial charge on any atom is -0.379 e. The number of morpholine rings is 1. The van der Waals surface area contributed by atoms with Crippen LogP contribution in [0.25, 0.3) is 10.2 Å². The Labute approximate surface area is 173 Å². The largest absolute Gasteiger partial charge is 0.379 e. The van der Waals surface area contributed by atoms with Gasteiger partial charge in [0.05, 0.1) is 23.4 Å². The number of hydrogen-bond donors (Lipinski definition) is 0. The molecule has 1 aliphatic rings. The molecule has 4 rings (SSSR count). The maximum atomic E-state index is 13.3. The molecule has 3 aromatic rings. The summed E-state index contributed by atoms with van der Waals surface area (Å²) in [5.74, 6) is -0.510. The molecule has 0 saturated carbocycles. The van der Waals surface area contributed by atoms with Crippen molar-refractivity contribution in [2.45, 2.75) is 13.3 Å². The second-order valence-electron chi connectivity index (χ2n) is 7.03. The average molecular weight is 414 g/mol. The van der Waals surface area contributed by atoms with E-state index < -0.39 is 0 Å². The first-order chi connectivity index (χ1) is 14.2. The molecule has 1 aliphatic heterocycles. The molecule has 29 heavy (non-hydrogen) atoms. The van der Waals surface area contributed by atoms with E-state index in [0.29, 0.717) is 30.5 Å². The summed E-state index contributed by atoms with van der Waals surface area (Å²) in [5, 5.41) is 0.684. The van der Waals surface area contributed by atoms with Crippen molar-refractivity contribution in [3.63, 3.8) is 0 Å². The van der Waals surface area contributed by atoms with E-state index >= 15 is 0 Å². The van der Waals surface area contributed by atoms with Crippen molar-refractivity contribution in [3.05, 3.63) is 59.4 Å². The van der Waals surface area contributed by atoms with Crippen molar-refractivity contribution >= 4 is 32.6 Å². The lowest BCUT2D eigenvalue weighted by atomic mass is 10.1. The Bertz CT molecular complexity index is 983. The van der Waals surface area contributed by atoms with Crippen LogP contribution in [0.15, 0.2) is 42.5 Å². The number of benzene rings is 2. The number of halogens is 1. The lowest BCUT2D eigenvalue weighted by Crippen LogP contribution is -2.43. The van der Waals surface area contributed by atoms with E-state index in [9.17, 15) is 9.18 Å². The molecule has 2 aromatic carbocycles. The highest BCUT2D eigenvalue weighted by Gasteiger charge is 2.23. The van der Waals surface area contributed by atoms with Crippen molar-refractivity contribution in [1.29, 1.82) is 0 Å². The van der Waals surface area contributed by atoms with Gasteiger partial charge in [-0.25, -0.2) is 9.37 Å². The number of fused-ring (bicyclic) bond motifs is 1. The van der Waals surface area contributed by atoms with Crippen molar-refractivity contribution in [2.75, 3.05) is 44.3 Å². The molecule has 0 spiro atoms. The number of nitrogens with zero attached hydrogens (tertiary/aromatic N) is 3. The van der Waals surface area contributed by atoms with Crippen molar-refractivity contribution in [3.8, 4) is 0 Å². The summed E-state index contributed by atoms with van der Waals surface area (Å²) in [4.78, 5) is 22.1. The average Bonchev–Trinajstić information content (AvgIpc) is 3.19. The summed E-state index contributed by atoms with van der Waals surface area (Å²) in [6.07, 6.45) is 0.889. The van der Waals surface area contributed by atoms with Gasteiger partial charge in [0.2, 0.25) is 0 Å². The smallest absolute Gasteiger partial charge is 0.260 e. The highest BCUT2D eigenvalue weighted by atomic mass is 32.1. The van der Waals surface area contributed by atoms with Gasteiger partial charge in [-0.15, -0.1) is 0 Å². The number of aryl methyl sites for hydroxylation is 1. The number of rotatable bonds is 6. The molecule has 5 nitrogen and oxygen atoms in total. The van der Waals surface area contributed by atoms with Crippen LogP contribution in [-0.2, 0) is 11.2 Å². The van der Waals surface area contributed by atoms with Crippen LogP contribution in [0, 0.1) is 5.82 Å². The Balaban J connectivity index is 1.65. The highest BCUT2D eigenvalue weighted by molar-refractivity contribution is 7.22. The quantitative estimate of drug-likeness (QED) is 0.613. The molecule has 0 radical (unpaired) electrons. The minimum atomic E-state index is -0.353. The van der Waals surface area contributed by atoms with Gasteiger partial charge in [0.1, 0.15) is 5.82 Å². The monoisotopic (exact) mass is 413 g/mol. The standard InChI is InChI=1S/C22H24FN3O2S/c1-2-16-4-3-5-19-20(16)24-22(29-19)26(11-10-25-12-14-28-15-13-25)21(27)17-6-8-18(23)9-7-17/h3-9H,2,10-15H2,1H3. The summed E-state index contributed by atoms with van der Waals surface area (Å²) in [5.41, 5.74) is 2.59. The molecule has 2 heterocycles. The van der Waals surface area contributed by atoms with E-state index in [1.165, 1.54) is 41.2 Å². The molecular formula is C22H24FN3O2S. The predicted molar refractivity (Wildman–Crippen MR) is 114 cm³/mol. The van der Waals surface area contributed by atoms with Crippen molar-refractivity contribution < 1.29 is 13.9 Å². The number of para-hydroxylation sites is 1. The Kier molecular flexibility index (Phi) is 6.18. The molecule has 7 heteroatoms. The van der Waals surface area contributed by atoms with Gasteiger partial charge in [0, 0.05) is 31.7 Å². The fourth-order valence-corrected chi connectivity index (χ4v) is 4.53. The Morgan fingerprint density at radius 1 is 1.21 bits per heavy atom. The molecule has 1 fully saturated rings. The number of amides is 1. The molecule has 0 N–H and O–H groups in total. The fraction of sp³-hybridized carbons (Fsp3) is 0.364. The zero-order valence-electron chi connectivity index (χ0n) is 16.4. The van der Waals surface area contributed by atoms with Gasteiger partial charge in [-0.1, -0.05) is 30.4 Å². The summed E-state index contributed by atoms with van der Waals surface area (Å²) in [6, 6.07) is 11.9. The summed E-state index contributed by atoms with van der Waals surface area (Å²) in [7, 11) is 0. The summed E-state index contributed by atoms with van der Waals surface area (Å²) in [6.45, 7) is 6.52. The molecule has 1 amide bonds. The number of thiazole rings is 1. The van der Waals surface area contributed by atoms with Crippen LogP contribution in [0.5, 0.6) is 0 Å². The van der Waals surface area contributed by atoms with E-state index in [-0.39, 0.29) is 11.7 Å². The third kappa shape index (κ3) is 4.47. The van der Waals surface area contributed by atoms with E-state index in [0.717, 1.165) is 36.3 Å². The van der Waals surface area contributed by atoms with Crippen LogP contribution in [0.1, 0.15) is 22.8 Å². The van der Waals surface area contributed by atoms with Crippen LogP contribution in [0.4, 0.5) is 9.52 Å². The highest BCUT2D eigenvalue weighted by Crippen LogP contribution is 2.32. The van der Waals surface area contributed by atoms with E-state index in [1.807, 2.05) is 12.1 Å². The Hall–Kier alpha value is -2.35. The molecule has 0 aliphatic carbocycles. The predicted octanol–water partition coefficient (Wildman–Crippen LogP) is 3.98. The third-order valence-corrected chi connectivity index (χ3v) is 6.23. The second-order valence-corrected chi connectivity index (χ2v) is 8.04. The van der Waals surface area contributed by atoms with Gasteiger partial charge < -0.3 is 4.74 Å². The molecule has 1 saturated heterocycles. The zero-order valence-corrected chi connectivity index (χ0v) is 17.3. The first kappa shape index (κ1) is 19.9. The van der Waals surface area contributed by atoms with Crippen LogP contribution in [0.3, 0.4) is 0 Å². The minimum absolute atomic E-state index is 0.157. The molecular weight excluding hydrogens is 389 g/mol. The van der Waals surface area contributed by atoms with Crippen molar-refractivity contribution in [2.24, 2.45) is 0 Å². The van der Waals surface area contributed by atoms with Gasteiger partial charge in [-0.2, -0.15) is 0 Å². The summed E-state index contributed by atoms with van der Waals surface area (Å²) >= 11 is 1.52. The maximum Gasteiger partial charge on any atom is 0.260 e. The molecule has 0 bridgehead atoms. The van der Waals surface area contributed by atoms with Gasteiger partial charge in [-0.05, 0) is 42.3 Å². The number of carbonyl (C=O) groups excluding carboxylic acids is 1. The van der Waals surface area contributed by atoms with Gasteiger partial charge in [0.25, 0.3) is 5.91 Å². The Morgan fingerprint density at radius 2 is 1.97 bits per heavy atom. The van der Waals surface area contributed by atoms with E-state index in [4.69, 9.17) is 9.72 Å². The number of ether oxygens (including phenoxy) is 1. The topological polar surface area (TPSA) is 45.7 Å². The maximum absolute atomic E-state index is 13.3. The van der Waals surface area contributed by atoms with E-state index in [1.54, 1.807) is 4.90 Å². The van der Waals surface area contributed by atoms with Gasteiger partial charge in [0.15, 0.2) is 5.13 Å². The lowest BCUT2D eigenvalue weighted by molar-refractivity contribution is 0.0391. The number of anilines is 1. The molecule has 0 atom stereocenters. The van der Waals surface area contributed by atoms with Crippen LogP contribution in [0.2, 0.25) is 0 Å². The van der Waals surface area contributed by atoms with Crippen LogP contribution >= 0.6 is 11.3 Å². The fourth-order valence-electron chi connectivity index (χ4n) is 3.49. The normalized spacial score (nSPS) is 15.0. The number of carbonyl (C=O) groups is 1. The molecule has 1 aromatic heterocycles. The van der Waals surface area contributed by atoms with E-state index in [2.05, 4.69) is 17.9 Å². The lowest BCUT2D eigenvalue weighted by Gasteiger charge is -2.29. The van der Waals surface area contributed by atoms with Crippen LogP contribution in [-0.4, -0.2) is 55.2 Å². The Morgan fingerprint density at radius 3 is 2.69 bits per heavy atom.